The van der Waals surface area contributed by atoms with Crippen LogP contribution in [-0.4, -0.2) is 50.8 Å². The minimum Gasteiger partial charge on any atom is -0.314 e. The second kappa shape index (κ2) is 6.21. The van der Waals surface area contributed by atoms with Crippen LogP contribution in [0.3, 0.4) is 0 Å². The van der Waals surface area contributed by atoms with Crippen LogP contribution in [0, 0.1) is 0 Å². The molecule has 0 unspecified atom stereocenters. The molecule has 8 heteroatoms. The van der Waals surface area contributed by atoms with Gasteiger partial charge in [0.05, 0.1) is 6.26 Å². The smallest absolute Gasteiger partial charge is 0.314 e. The molecule has 0 aromatic rings. The fraction of sp³-hybridized carbons (Fsp3) is 1.00. The Morgan fingerprint density at radius 2 is 1.83 bits per heavy atom. The minimum absolute atomic E-state index is 0.0653. The molecule has 0 spiro atoms. The van der Waals surface area contributed by atoms with Gasteiger partial charge in [-0.3, -0.25) is 0 Å². The molecule has 0 aromatic heterocycles. The third-order valence-electron chi connectivity index (χ3n) is 2.99. The van der Waals surface area contributed by atoms with E-state index >= 15 is 0 Å². The number of halogens is 3. The van der Waals surface area contributed by atoms with Crippen LogP contribution in [0.1, 0.15) is 25.7 Å². The highest BCUT2D eigenvalue weighted by Gasteiger charge is 2.27. The zero-order valence-corrected chi connectivity index (χ0v) is 11.1. The van der Waals surface area contributed by atoms with Crippen molar-refractivity contribution in [3.8, 4) is 0 Å². The molecule has 4 nitrogen and oxygen atoms in total. The SMILES string of the molecule is CS(=O)(=O)N1CCC(NCCCC(F)(F)F)CC1. The van der Waals surface area contributed by atoms with Gasteiger partial charge in [-0.1, -0.05) is 0 Å². The molecule has 0 bridgehead atoms. The first kappa shape index (κ1) is 15.7. The first-order valence-electron chi connectivity index (χ1n) is 5.94. The molecule has 108 valence electrons. The van der Waals surface area contributed by atoms with Crippen molar-refractivity contribution in [1.29, 1.82) is 0 Å². The lowest BCUT2D eigenvalue weighted by molar-refractivity contribution is -0.135. The summed E-state index contributed by atoms with van der Waals surface area (Å²) in [6, 6.07) is 0.122. The van der Waals surface area contributed by atoms with Gasteiger partial charge < -0.3 is 5.32 Å². The van der Waals surface area contributed by atoms with Crippen LogP contribution in [0.4, 0.5) is 13.2 Å². The second-order valence-corrected chi connectivity index (χ2v) is 6.59. The first-order valence-corrected chi connectivity index (χ1v) is 7.78. The molecule has 1 saturated heterocycles. The zero-order valence-electron chi connectivity index (χ0n) is 10.3. The molecule has 1 N–H and O–H groups in total. The van der Waals surface area contributed by atoms with Gasteiger partial charge in [-0.15, -0.1) is 0 Å². The fourth-order valence-corrected chi connectivity index (χ4v) is 2.86. The normalized spacial score (nSPS) is 20.2. The monoisotopic (exact) mass is 288 g/mol. The van der Waals surface area contributed by atoms with Crippen molar-refractivity contribution >= 4 is 10.0 Å². The maximum absolute atomic E-state index is 11.9. The summed E-state index contributed by atoms with van der Waals surface area (Å²) in [7, 11) is -3.14. The fourth-order valence-electron chi connectivity index (χ4n) is 1.99. The van der Waals surface area contributed by atoms with Crippen molar-refractivity contribution < 1.29 is 21.6 Å². The quantitative estimate of drug-likeness (QED) is 0.777. The Morgan fingerprint density at radius 3 is 2.28 bits per heavy atom. The van der Waals surface area contributed by atoms with Crippen LogP contribution in [-0.2, 0) is 10.0 Å². The lowest BCUT2D eigenvalue weighted by Gasteiger charge is -2.30. The van der Waals surface area contributed by atoms with E-state index in [-0.39, 0.29) is 12.5 Å². The van der Waals surface area contributed by atoms with E-state index in [0.29, 0.717) is 32.5 Å². The van der Waals surface area contributed by atoms with Gasteiger partial charge >= 0.3 is 6.18 Å². The Labute approximate surface area is 106 Å². The molecule has 0 radical (unpaired) electrons. The number of piperidine rings is 1. The molecule has 0 amide bonds. The Kier molecular flexibility index (Phi) is 5.42. The van der Waals surface area contributed by atoms with E-state index in [9.17, 15) is 21.6 Å². The molecular formula is C10H19F3N2O2S. The standard InChI is InChI=1S/C10H19F3N2O2S/c1-18(16,17)15-7-3-9(4-8-15)14-6-2-5-10(11,12)13/h9,14H,2-8H2,1H3. The highest BCUT2D eigenvalue weighted by molar-refractivity contribution is 7.88. The third kappa shape index (κ3) is 6.01. The van der Waals surface area contributed by atoms with Crippen molar-refractivity contribution in [2.75, 3.05) is 25.9 Å². The molecule has 1 aliphatic heterocycles. The highest BCUT2D eigenvalue weighted by atomic mass is 32.2. The summed E-state index contributed by atoms with van der Waals surface area (Å²) >= 11 is 0. The predicted octanol–water partition coefficient (Wildman–Crippen LogP) is 1.34. The van der Waals surface area contributed by atoms with Crippen LogP contribution in [0.5, 0.6) is 0 Å². The summed E-state index contributed by atoms with van der Waals surface area (Å²) in [5.41, 5.74) is 0. The van der Waals surface area contributed by atoms with E-state index in [2.05, 4.69) is 5.32 Å². The lowest BCUT2D eigenvalue weighted by atomic mass is 10.1. The maximum Gasteiger partial charge on any atom is 0.389 e. The Morgan fingerprint density at radius 1 is 1.28 bits per heavy atom. The van der Waals surface area contributed by atoms with Gasteiger partial charge in [0.25, 0.3) is 0 Å². The zero-order chi connectivity index (χ0) is 13.8. The lowest BCUT2D eigenvalue weighted by Crippen LogP contribution is -2.44. The molecule has 18 heavy (non-hydrogen) atoms. The molecule has 0 aromatic carbocycles. The summed E-state index contributed by atoms with van der Waals surface area (Å²) in [5.74, 6) is 0. The van der Waals surface area contributed by atoms with E-state index in [1.807, 2.05) is 0 Å². The maximum atomic E-state index is 11.9. The number of hydrogen-bond acceptors (Lipinski definition) is 3. The second-order valence-electron chi connectivity index (χ2n) is 4.61. The average Bonchev–Trinajstić information content (AvgIpc) is 2.22. The van der Waals surface area contributed by atoms with Gasteiger partial charge in [0, 0.05) is 25.6 Å². The van der Waals surface area contributed by atoms with Gasteiger partial charge in [-0.25, -0.2) is 12.7 Å². The largest absolute Gasteiger partial charge is 0.389 e. The molecular weight excluding hydrogens is 269 g/mol. The van der Waals surface area contributed by atoms with Crippen LogP contribution in [0.25, 0.3) is 0 Å². The van der Waals surface area contributed by atoms with Gasteiger partial charge in [0.2, 0.25) is 10.0 Å². The van der Waals surface area contributed by atoms with Crippen molar-refractivity contribution in [3.63, 3.8) is 0 Å². The summed E-state index contributed by atoms with van der Waals surface area (Å²) in [4.78, 5) is 0. The number of nitrogens with one attached hydrogen (secondary N) is 1. The van der Waals surface area contributed by atoms with Gasteiger partial charge in [0.15, 0.2) is 0 Å². The molecule has 0 aliphatic carbocycles. The van der Waals surface area contributed by atoms with E-state index in [1.165, 1.54) is 10.6 Å². The predicted molar refractivity (Wildman–Crippen MR) is 62.7 cm³/mol. The van der Waals surface area contributed by atoms with Crippen molar-refractivity contribution in [1.82, 2.24) is 9.62 Å². The molecule has 1 rings (SSSR count). The summed E-state index contributed by atoms with van der Waals surface area (Å²) < 4.78 is 59.6. The number of nitrogens with zero attached hydrogens (tertiary/aromatic N) is 1. The van der Waals surface area contributed by atoms with Crippen LogP contribution in [0.15, 0.2) is 0 Å². The Balaban J connectivity index is 2.17. The van der Waals surface area contributed by atoms with Gasteiger partial charge in [-0.05, 0) is 25.8 Å². The highest BCUT2D eigenvalue weighted by Crippen LogP contribution is 2.21. The third-order valence-corrected chi connectivity index (χ3v) is 4.30. The van der Waals surface area contributed by atoms with Crippen LogP contribution >= 0.6 is 0 Å². The first-order chi connectivity index (χ1) is 8.18. The van der Waals surface area contributed by atoms with E-state index < -0.39 is 22.6 Å². The molecule has 1 aliphatic rings. The van der Waals surface area contributed by atoms with Crippen molar-refractivity contribution in [2.45, 2.75) is 37.9 Å². The number of sulfonamides is 1. The summed E-state index contributed by atoms with van der Waals surface area (Å²) in [5, 5.41) is 3.04. The molecule has 0 atom stereocenters. The van der Waals surface area contributed by atoms with Crippen molar-refractivity contribution in [3.05, 3.63) is 0 Å². The van der Waals surface area contributed by atoms with Crippen LogP contribution in [0.2, 0.25) is 0 Å². The van der Waals surface area contributed by atoms with E-state index in [4.69, 9.17) is 0 Å². The van der Waals surface area contributed by atoms with Gasteiger partial charge in [0.1, 0.15) is 0 Å². The average molecular weight is 288 g/mol. The number of alkyl halides is 3. The minimum atomic E-state index is -4.10. The topological polar surface area (TPSA) is 49.4 Å². The number of hydrogen-bond donors (Lipinski definition) is 1. The Hall–Kier alpha value is -0.340. The Bertz CT molecular complexity index is 349. The van der Waals surface area contributed by atoms with E-state index in [1.54, 1.807) is 0 Å². The van der Waals surface area contributed by atoms with Crippen molar-refractivity contribution in [2.24, 2.45) is 0 Å². The summed E-state index contributed by atoms with van der Waals surface area (Å²) in [6.07, 6.45) is -2.33. The van der Waals surface area contributed by atoms with Crippen LogP contribution < -0.4 is 5.32 Å². The molecule has 0 saturated carbocycles. The molecule has 1 heterocycles. The molecule has 1 fully saturated rings. The van der Waals surface area contributed by atoms with E-state index in [0.717, 1.165) is 0 Å². The summed E-state index contributed by atoms with van der Waals surface area (Å²) in [6.45, 7) is 1.20. The number of rotatable bonds is 5. The van der Waals surface area contributed by atoms with Gasteiger partial charge in [-0.2, -0.15) is 13.2 Å².